The number of para-hydroxylation sites is 1. The van der Waals surface area contributed by atoms with E-state index in [9.17, 15) is 4.79 Å². The van der Waals surface area contributed by atoms with Crippen LogP contribution in [0.25, 0.3) is 0 Å². The first-order valence-corrected chi connectivity index (χ1v) is 14.1. The van der Waals surface area contributed by atoms with Crippen molar-refractivity contribution in [2.45, 2.75) is 122 Å². The molecule has 0 radical (unpaired) electrons. The van der Waals surface area contributed by atoms with Crippen LogP contribution in [0.15, 0.2) is 18.2 Å². The third kappa shape index (κ3) is 9.12. The SMILES string of the molecule is CCCCCCCCCCCCn1nnc(C(Br)C(=O)Nc2c(C(C)C)cccc2C(C)C)n1. The number of hydrogen-bond donors (Lipinski definition) is 1. The molecular weight excluding hydrogens is 490 g/mol. The van der Waals surface area contributed by atoms with Gasteiger partial charge in [0, 0.05) is 5.69 Å². The molecule has 7 heteroatoms. The Hall–Kier alpha value is -1.76. The molecule has 0 saturated carbocycles. The highest BCUT2D eigenvalue weighted by Gasteiger charge is 2.25. The number of alkyl halides is 1. The van der Waals surface area contributed by atoms with E-state index in [0.717, 1.165) is 29.8 Å². The Morgan fingerprint density at radius 1 is 0.912 bits per heavy atom. The van der Waals surface area contributed by atoms with Gasteiger partial charge in [-0.3, -0.25) is 4.79 Å². The highest BCUT2D eigenvalue weighted by atomic mass is 79.9. The van der Waals surface area contributed by atoms with E-state index in [1.54, 1.807) is 4.80 Å². The highest BCUT2D eigenvalue weighted by Crippen LogP contribution is 2.33. The van der Waals surface area contributed by atoms with Crippen LogP contribution in [0.5, 0.6) is 0 Å². The number of aromatic nitrogens is 4. The molecule has 1 aromatic heterocycles. The lowest BCUT2D eigenvalue weighted by molar-refractivity contribution is -0.115. The fourth-order valence-corrected chi connectivity index (χ4v) is 4.49. The molecule has 0 aliphatic carbocycles. The number of anilines is 1. The van der Waals surface area contributed by atoms with Crippen molar-refractivity contribution in [1.29, 1.82) is 0 Å². The molecule has 2 aromatic rings. The number of benzene rings is 1. The molecule has 0 bridgehead atoms. The first kappa shape index (κ1) is 28.5. The van der Waals surface area contributed by atoms with Crippen LogP contribution in [0.4, 0.5) is 5.69 Å². The Morgan fingerprint density at radius 3 is 1.97 bits per heavy atom. The Morgan fingerprint density at radius 2 is 1.44 bits per heavy atom. The van der Waals surface area contributed by atoms with E-state index in [0.29, 0.717) is 17.7 Å². The number of nitrogens with one attached hydrogen (secondary N) is 1. The van der Waals surface area contributed by atoms with E-state index >= 15 is 0 Å². The molecule has 0 aliphatic heterocycles. The molecule has 1 aromatic carbocycles. The van der Waals surface area contributed by atoms with E-state index in [-0.39, 0.29) is 5.91 Å². The zero-order valence-corrected chi connectivity index (χ0v) is 23.4. The van der Waals surface area contributed by atoms with Gasteiger partial charge in [0.25, 0.3) is 0 Å². The van der Waals surface area contributed by atoms with Crippen LogP contribution < -0.4 is 5.32 Å². The van der Waals surface area contributed by atoms with Crippen molar-refractivity contribution in [2.75, 3.05) is 5.32 Å². The van der Waals surface area contributed by atoms with Gasteiger partial charge in [-0.1, -0.05) is 127 Å². The van der Waals surface area contributed by atoms with Crippen molar-refractivity contribution in [2.24, 2.45) is 0 Å². The topological polar surface area (TPSA) is 72.7 Å². The van der Waals surface area contributed by atoms with Crippen LogP contribution in [-0.2, 0) is 11.3 Å². The highest BCUT2D eigenvalue weighted by molar-refractivity contribution is 9.09. The Bertz CT molecular complexity index is 838. The fourth-order valence-electron chi connectivity index (χ4n) is 4.19. The monoisotopic (exact) mass is 533 g/mol. The molecule has 0 saturated heterocycles. The van der Waals surface area contributed by atoms with Gasteiger partial charge >= 0.3 is 0 Å². The third-order valence-electron chi connectivity index (χ3n) is 6.26. The molecule has 0 spiro atoms. The second kappa shape index (κ2) is 15.3. The second-order valence-corrected chi connectivity index (χ2v) is 10.8. The molecule has 2 rings (SSSR count). The van der Waals surface area contributed by atoms with Crippen molar-refractivity contribution in [3.63, 3.8) is 0 Å². The van der Waals surface area contributed by atoms with E-state index in [1.807, 2.05) is 0 Å². The Balaban J connectivity index is 1.82. The first-order valence-electron chi connectivity index (χ1n) is 13.2. The van der Waals surface area contributed by atoms with E-state index in [1.165, 1.54) is 57.8 Å². The summed E-state index contributed by atoms with van der Waals surface area (Å²) in [5.41, 5.74) is 3.17. The normalized spacial score (nSPS) is 12.5. The largest absolute Gasteiger partial charge is 0.324 e. The van der Waals surface area contributed by atoms with Gasteiger partial charge in [0.2, 0.25) is 5.91 Å². The van der Waals surface area contributed by atoms with Crippen LogP contribution in [0.2, 0.25) is 0 Å². The molecule has 1 amide bonds. The van der Waals surface area contributed by atoms with Crippen LogP contribution in [-0.4, -0.2) is 26.1 Å². The number of tetrazole rings is 1. The molecular formula is C27H44BrN5O. The summed E-state index contributed by atoms with van der Waals surface area (Å²) in [6, 6.07) is 6.22. The molecule has 6 nitrogen and oxygen atoms in total. The van der Waals surface area contributed by atoms with Crippen LogP contribution in [0, 0.1) is 0 Å². The van der Waals surface area contributed by atoms with Gasteiger partial charge in [0.1, 0.15) is 0 Å². The zero-order valence-electron chi connectivity index (χ0n) is 21.8. The van der Waals surface area contributed by atoms with Gasteiger partial charge in [-0.05, 0) is 34.6 Å². The van der Waals surface area contributed by atoms with Crippen molar-refractivity contribution < 1.29 is 4.79 Å². The fraction of sp³-hybridized carbons (Fsp3) is 0.704. The van der Waals surface area contributed by atoms with Crippen molar-refractivity contribution in [3.8, 4) is 0 Å². The molecule has 190 valence electrons. The standard InChI is InChI=1S/C27H44BrN5O/c1-6-7-8-9-10-11-12-13-14-15-19-33-31-26(30-32-33)24(28)27(34)29-25-22(20(2)3)17-16-18-23(25)21(4)5/h16-18,20-21,24H,6-15,19H2,1-5H3,(H,29,34). The first-order chi connectivity index (χ1) is 16.3. The smallest absolute Gasteiger partial charge is 0.246 e. The maximum Gasteiger partial charge on any atom is 0.246 e. The minimum Gasteiger partial charge on any atom is -0.324 e. The molecule has 0 aliphatic rings. The third-order valence-corrected chi connectivity index (χ3v) is 7.08. The van der Waals surface area contributed by atoms with E-state index < -0.39 is 4.83 Å². The van der Waals surface area contributed by atoms with Crippen molar-refractivity contribution >= 4 is 27.5 Å². The summed E-state index contributed by atoms with van der Waals surface area (Å²) < 4.78 is 0. The summed E-state index contributed by atoms with van der Waals surface area (Å²) in [5.74, 6) is 0.844. The summed E-state index contributed by atoms with van der Waals surface area (Å²) >= 11 is 3.49. The van der Waals surface area contributed by atoms with Gasteiger partial charge in [0.15, 0.2) is 10.7 Å². The number of amides is 1. The van der Waals surface area contributed by atoms with Gasteiger partial charge in [0.05, 0.1) is 6.54 Å². The lowest BCUT2D eigenvalue weighted by Crippen LogP contribution is -2.20. The number of carbonyl (C=O) groups is 1. The Labute approximate surface area is 214 Å². The molecule has 1 N–H and O–H groups in total. The minimum absolute atomic E-state index is 0.173. The Kier molecular flexibility index (Phi) is 12.8. The van der Waals surface area contributed by atoms with Gasteiger partial charge in [-0.15, -0.1) is 10.2 Å². The van der Waals surface area contributed by atoms with Gasteiger partial charge in [-0.25, -0.2) is 0 Å². The summed E-state index contributed by atoms with van der Waals surface area (Å²) in [6.07, 6.45) is 12.9. The summed E-state index contributed by atoms with van der Waals surface area (Å²) in [7, 11) is 0. The lowest BCUT2D eigenvalue weighted by atomic mass is 9.92. The molecule has 34 heavy (non-hydrogen) atoms. The number of nitrogens with zero attached hydrogens (tertiary/aromatic N) is 4. The number of aryl methyl sites for hydroxylation is 1. The van der Waals surface area contributed by atoms with E-state index in [4.69, 9.17) is 0 Å². The molecule has 0 fully saturated rings. The van der Waals surface area contributed by atoms with Gasteiger partial charge < -0.3 is 5.32 Å². The number of unbranched alkanes of at least 4 members (excludes halogenated alkanes) is 9. The maximum atomic E-state index is 13.0. The number of hydrogen-bond acceptors (Lipinski definition) is 4. The molecule has 1 unspecified atom stereocenters. The lowest BCUT2D eigenvalue weighted by Gasteiger charge is -2.20. The molecule has 1 heterocycles. The van der Waals surface area contributed by atoms with Crippen molar-refractivity contribution in [3.05, 3.63) is 35.2 Å². The van der Waals surface area contributed by atoms with Crippen LogP contribution in [0.1, 0.15) is 132 Å². The van der Waals surface area contributed by atoms with Crippen LogP contribution in [0.3, 0.4) is 0 Å². The minimum atomic E-state index is -0.644. The second-order valence-electron chi connectivity index (χ2n) is 9.90. The predicted octanol–water partition coefficient (Wildman–Crippen LogP) is 7.92. The predicted molar refractivity (Wildman–Crippen MR) is 145 cm³/mol. The maximum absolute atomic E-state index is 13.0. The number of rotatable bonds is 16. The summed E-state index contributed by atoms with van der Waals surface area (Å²) in [6.45, 7) is 11.6. The zero-order chi connectivity index (χ0) is 24.9. The number of carbonyl (C=O) groups excluding carboxylic acids is 1. The van der Waals surface area contributed by atoms with Crippen LogP contribution >= 0.6 is 15.9 Å². The summed E-state index contributed by atoms with van der Waals surface area (Å²) in [5, 5.41) is 15.9. The summed E-state index contributed by atoms with van der Waals surface area (Å²) in [4.78, 5) is 14.0. The van der Waals surface area contributed by atoms with Crippen molar-refractivity contribution in [1.82, 2.24) is 20.2 Å². The number of halogens is 1. The van der Waals surface area contributed by atoms with E-state index in [2.05, 4.69) is 89.5 Å². The average molecular weight is 535 g/mol. The molecule has 1 atom stereocenters. The quantitative estimate of drug-likeness (QED) is 0.175. The van der Waals surface area contributed by atoms with Gasteiger partial charge in [-0.2, -0.15) is 4.80 Å². The average Bonchev–Trinajstić information content (AvgIpc) is 3.28.